The predicted octanol–water partition coefficient (Wildman–Crippen LogP) is 7.72. The van der Waals surface area contributed by atoms with Gasteiger partial charge in [-0.1, -0.05) is 77.6 Å². The van der Waals surface area contributed by atoms with Crippen molar-refractivity contribution in [3.05, 3.63) is 48.5 Å². The van der Waals surface area contributed by atoms with Crippen LogP contribution in [0.5, 0.6) is 23.0 Å². The van der Waals surface area contributed by atoms with E-state index in [1.54, 1.807) is 18.2 Å². The van der Waals surface area contributed by atoms with Crippen LogP contribution in [0.2, 0.25) is 0 Å². The van der Waals surface area contributed by atoms with Crippen molar-refractivity contribution in [2.75, 3.05) is 0 Å². The van der Waals surface area contributed by atoms with Crippen molar-refractivity contribution < 1.29 is 23.8 Å². The van der Waals surface area contributed by atoms with Gasteiger partial charge in [-0.15, -0.1) is 0 Å². The Morgan fingerprint density at radius 3 is 1.79 bits per heavy atom. The van der Waals surface area contributed by atoms with Crippen molar-refractivity contribution in [2.24, 2.45) is 11.8 Å². The van der Waals surface area contributed by atoms with E-state index in [-0.39, 0.29) is 23.4 Å². The van der Waals surface area contributed by atoms with Gasteiger partial charge in [0.25, 0.3) is 0 Å². The molecule has 0 N–H and O–H groups in total. The maximum Gasteiger partial charge on any atom is 0.311 e. The SMILES string of the molecule is CC(C)CCCCC(=O)Oc1cccc(Oc2ccccc2)c1OC(=O)CCCCC(C)C. The molecule has 0 aromatic heterocycles. The summed E-state index contributed by atoms with van der Waals surface area (Å²) in [4.78, 5) is 25.0. The fraction of sp³-hybridized carbons (Fsp3) is 0.500. The number of benzene rings is 2. The second kappa shape index (κ2) is 14.4. The highest BCUT2D eigenvalue weighted by Crippen LogP contribution is 2.40. The zero-order chi connectivity index (χ0) is 24.1. The first-order valence-electron chi connectivity index (χ1n) is 12.1. The quantitative estimate of drug-likeness (QED) is 0.166. The Balaban J connectivity index is 2.10. The summed E-state index contributed by atoms with van der Waals surface area (Å²) in [6.45, 7) is 8.66. The Kier molecular flexibility index (Phi) is 11.5. The number of carbonyl (C=O) groups excluding carboxylic acids is 2. The lowest BCUT2D eigenvalue weighted by Crippen LogP contribution is -2.13. The van der Waals surface area contributed by atoms with E-state index in [0.717, 1.165) is 38.5 Å². The smallest absolute Gasteiger partial charge is 0.311 e. The number of esters is 2. The van der Waals surface area contributed by atoms with Gasteiger partial charge >= 0.3 is 11.9 Å². The van der Waals surface area contributed by atoms with Crippen LogP contribution < -0.4 is 14.2 Å². The first kappa shape index (κ1) is 26.4. The van der Waals surface area contributed by atoms with Gasteiger partial charge in [-0.05, 0) is 48.9 Å². The number of rotatable bonds is 14. The van der Waals surface area contributed by atoms with Gasteiger partial charge in [0.1, 0.15) is 5.75 Å². The van der Waals surface area contributed by atoms with Gasteiger partial charge < -0.3 is 14.2 Å². The van der Waals surface area contributed by atoms with Crippen molar-refractivity contribution in [2.45, 2.75) is 79.1 Å². The number of para-hydroxylation sites is 2. The van der Waals surface area contributed by atoms with Gasteiger partial charge in [0.15, 0.2) is 11.5 Å². The summed E-state index contributed by atoms with van der Waals surface area (Å²) in [6.07, 6.45) is 6.23. The minimum absolute atomic E-state index is 0.144. The van der Waals surface area contributed by atoms with Crippen LogP contribution in [-0.2, 0) is 9.59 Å². The molecule has 180 valence electrons. The molecule has 0 fully saturated rings. The van der Waals surface area contributed by atoms with E-state index in [2.05, 4.69) is 27.7 Å². The summed E-state index contributed by atoms with van der Waals surface area (Å²) in [7, 11) is 0. The van der Waals surface area contributed by atoms with E-state index in [4.69, 9.17) is 14.2 Å². The average molecular weight is 455 g/mol. The molecule has 0 spiro atoms. The molecule has 0 saturated heterocycles. The van der Waals surface area contributed by atoms with E-state index in [0.29, 0.717) is 36.2 Å². The van der Waals surface area contributed by atoms with Gasteiger partial charge in [0.2, 0.25) is 5.75 Å². The highest BCUT2D eigenvalue weighted by atomic mass is 16.6. The topological polar surface area (TPSA) is 61.8 Å². The van der Waals surface area contributed by atoms with Gasteiger partial charge in [0, 0.05) is 12.8 Å². The van der Waals surface area contributed by atoms with Crippen molar-refractivity contribution in [3.63, 3.8) is 0 Å². The Morgan fingerprint density at radius 1 is 0.667 bits per heavy atom. The fourth-order valence-electron chi connectivity index (χ4n) is 3.35. The molecule has 5 heteroatoms. The number of unbranched alkanes of at least 4 members (excludes halogenated alkanes) is 2. The van der Waals surface area contributed by atoms with Gasteiger partial charge in [-0.25, -0.2) is 0 Å². The second-order valence-corrected chi connectivity index (χ2v) is 9.23. The van der Waals surface area contributed by atoms with Crippen molar-refractivity contribution >= 4 is 11.9 Å². The van der Waals surface area contributed by atoms with E-state index >= 15 is 0 Å². The molecule has 0 saturated carbocycles. The zero-order valence-corrected chi connectivity index (χ0v) is 20.5. The van der Waals surface area contributed by atoms with Crippen LogP contribution in [0.4, 0.5) is 0 Å². The molecular weight excluding hydrogens is 416 g/mol. The van der Waals surface area contributed by atoms with Crippen LogP contribution in [0.1, 0.15) is 79.1 Å². The Hall–Kier alpha value is -2.82. The third kappa shape index (κ3) is 10.6. The number of hydrogen-bond donors (Lipinski definition) is 0. The molecular formula is C28H38O5. The summed E-state index contributed by atoms with van der Waals surface area (Å²) in [5, 5.41) is 0. The zero-order valence-electron chi connectivity index (χ0n) is 20.5. The van der Waals surface area contributed by atoms with Crippen molar-refractivity contribution in [1.29, 1.82) is 0 Å². The minimum atomic E-state index is -0.364. The van der Waals surface area contributed by atoms with E-state index < -0.39 is 0 Å². The first-order valence-corrected chi connectivity index (χ1v) is 12.1. The Bertz CT molecular complexity index is 858. The lowest BCUT2D eigenvalue weighted by molar-refractivity contribution is -0.137. The van der Waals surface area contributed by atoms with Gasteiger partial charge in [-0.2, -0.15) is 0 Å². The molecule has 2 aromatic rings. The molecule has 0 aliphatic rings. The third-order valence-electron chi connectivity index (χ3n) is 5.18. The highest BCUT2D eigenvalue weighted by molar-refractivity contribution is 5.77. The third-order valence-corrected chi connectivity index (χ3v) is 5.18. The molecule has 0 unspecified atom stereocenters. The first-order chi connectivity index (χ1) is 15.8. The van der Waals surface area contributed by atoms with Gasteiger partial charge in [0.05, 0.1) is 0 Å². The van der Waals surface area contributed by atoms with E-state index in [1.165, 1.54) is 0 Å². The Labute approximate surface area is 198 Å². The normalized spacial score (nSPS) is 11.0. The van der Waals surface area contributed by atoms with Crippen molar-refractivity contribution in [1.82, 2.24) is 0 Å². The molecule has 0 aliphatic carbocycles. The number of hydrogen-bond acceptors (Lipinski definition) is 5. The fourth-order valence-corrected chi connectivity index (χ4v) is 3.35. The molecule has 5 nitrogen and oxygen atoms in total. The van der Waals surface area contributed by atoms with Crippen LogP contribution in [0, 0.1) is 11.8 Å². The summed E-state index contributed by atoms with van der Waals surface area (Å²) in [5.41, 5.74) is 0. The van der Waals surface area contributed by atoms with Crippen LogP contribution in [0.3, 0.4) is 0 Å². The standard InChI is InChI=1S/C28H38O5/c1-21(2)13-8-10-19-26(29)32-25-18-12-17-24(31-23-15-6-5-7-16-23)28(25)33-27(30)20-11-9-14-22(3)4/h5-7,12,15-18,21-22H,8-11,13-14,19-20H2,1-4H3. The minimum Gasteiger partial charge on any atom is -0.453 e. The lowest BCUT2D eigenvalue weighted by atomic mass is 10.1. The molecule has 0 radical (unpaired) electrons. The summed E-state index contributed by atoms with van der Waals surface area (Å²) in [5.74, 6) is 1.79. The highest BCUT2D eigenvalue weighted by Gasteiger charge is 2.19. The van der Waals surface area contributed by atoms with Gasteiger partial charge in [-0.3, -0.25) is 9.59 Å². The molecule has 2 aromatic carbocycles. The second-order valence-electron chi connectivity index (χ2n) is 9.23. The predicted molar refractivity (Wildman–Crippen MR) is 131 cm³/mol. The van der Waals surface area contributed by atoms with Crippen LogP contribution in [0.15, 0.2) is 48.5 Å². The molecule has 2 rings (SSSR count). The maximum atomic E-state index is 12.6. The van der Waals surface area contributed by atoms with E-state index in [9.17, 15) is 9.59 Å². The molecule has 33 heavy (non-hydrogen) atoms. The average Bonchev–Trinajstić information content (AvgIpc) is 2.77. The molecule has 0 atom stereocenters. The van der Waals surface area contributed by atoms with Crippen LogP contribution >= 0.6 is 0 Å². The summed E-state index contributed by atoms with van der Waals surface area (Å²) < 4.78 is 17.2. The van der Waals surface area contributed by atoms with E-state index in [1.807, 2.05) is 30.3 Å². The summed E-state index contributed by atoms with van der Waals surface area (Å²) in [6, 6.07) is 14.3. The molecule has 0 bridgehead atoms. The number of carbonyl (C=O) groups is 2. The Morgan fingerprint density at radius 2 is 1.21 bits per heavy atom. The molecule has 0 amide bonds. The lowest BCUT2D eigenvalue weighted by Gasteiger charge is -2.15. The van der Waals surface area contributed by atoms with Crippen LogP contribution in [-0.4, -0.2) is 11.9 Å². The summed E-state index contributed by atoms with van der Waals surface area (Å²) >= 11 is 0. The molecule has 0 heterocycles. The van der Waals surface area contributed by atoms with Crippen LogP contribution in [0.25, 0.3) is 0 Å². The number of ether oxygens (including phenoxy) is 3. The monoisotopic (exact) mass is 454 g/mol. The van der Waals surface area contributed by atoms with Crippen molar-refractivity contribution in [3.8, 4) is 23.0 Å². The largest absolute Gasteiger partial charge is 0.453 e. The molecule has 0 aliphatic heterocycles. The maximum absolute atomic E-state index is 12.6.